The number of rotatable bonds is 4. The summed E-state index contributed by atoms with van der Waals surface area (Å²) >= 11 is 0. The van der Waals surface area contributed by atoms with Crippen LogP contribution in [0.3, 0.4) is 0 Å². The molecule has 0 unspecified atom stereocenters. The summed E-state index contributed by atoms with van der Waals surface area (Å²) in [4.78, 5) is 8.24. The van der Waals surface area contributed by atoms with Gasteiger partial charge in [-0.3, -0.25) is 5.43 Å². The predicted octanol–water partition coefficient (Wildman–Crippen LogP) is 3.68. The molecule has 2 N–H and O–H groups in total. The molecule has 1 aromatic carbocycles. The number of nitrogens with one attached hydrogen (secondary N) is 2. The molecule has 10 heteroatoms. The SMILES string of the molecule is Cc1cn(-c2cc(NNc3cnc4ccnn4c3)cc(C(F)(F)F)c2)cn1. The van der Waals surface area contributed by atoms with E-state index >= 15 is 0 Å². The van der Waals surface area contributed by atoms with Crippen LogP contribution < -0.4 is 10.9 Å². The van der Waals surface area contributed by atoms with Gasteiger partial charge in [0, 0.05) is 18.0 Å². The molecule has 0 radical (unpaired) electrons. The fourth-order valence-electron chi connectivity index (χ4n) is 2.58. The number of halogens is 3. The van der Waals surface area contributed by atoms with Crippen LogP contribution in [-0.2, 0) is 6.18 Å². The maximum atomic E-state index is 13.3. The van der Waals surface area contributed by atoms with Gasteiger partial charge in [-0.25, -0.2) is 14.5 Å². The maximum absolute atomic E-state index is 13.3. The first-order valence-corrected chi connectivity index (χ1v) is 7.93. The van der Waals surface area contributed by atoms with Crippen molar-refractivity contribution < 1.29 is 13.2 Å². The van der Waals surface area contributed by atoms with Gasteiger partial charge < -0.3 is 9.99 Å². The molecule has 0 aliphatic rings. The molecule has 0 aliphatic heterocycles. The lowest BCUT2D eigenvalue weighted by molar-refractivity contribution is -0.137. The Morgan fingerprint density at radius 2 is 1.81 bits per heavy atom. The van der Waals surface area contributed by atoms with Crippen LogP contribution in [0.2, 0.25) is 0 Å². The first-order chi connectivity index (χ1) is 12.9. The Balaban J connectivity index is 1.64. The summed E-state index contributed by atoms with van der Waals surface area (Å²) in [5, 5.41) is 4.06. The minimum absolute atomic E-state index is 0.242. The minimum Gasteiger partial charge on any atom is -0.306 e. The third-order valence-electron chi connectivity index (χ3n) is 3.85. The molecule has 7 nitrogen and oxygen atoms in total. The molecule has 0 spiro atoms. The van der Waals surface area contributed by atoms with Gasteiger partial charge in [-0.1, -0.05) is 0 Å². The molecule has 0 bridgehead atoms. The van der Waals surface area contributed by atoms with Crippen molar-refractivity contribution >= 4 is 17.0 Å². The van der Waals surface area contributed by atoms with E-state index in [1.165, 1.54) is 10.9 Å². The van der Waals surface area contributed by atoms with E-state index in [-0.39, 0.29) is 5.69 Å². The number of aromatic nitrogens is 5. The highest BCUT2D eigenvalue weighted by Crippen LogP contribution is 2.33. The fourth-order valence-corrected chi connectivity index (χ4v) is 2.58. The van der Waals surface area contributed by atoms with Crippen LogP contribution in [0.1, 0.15) is 11.3 Å². The molecule has 0 fully saturated rings. The Labute approximate surface area is 151 Å². The van der Waals surface area contributed by atoms with E-state index in [4.69, 9.17) is 0 Å². The van der Waals surface area contributed by atoms with Gasteiger partial charge in [0.15, 0.2) is 5.65 Å². The molecule has 4 rings (SSSR count). The zero-order valence-electron chi connectivity index (χ0n) is 14.1. The number of hydrogen-bond donors (Lipinski definition) is 2. The van der Waals surface area contributed by atoms with Crippen molar-refractivity contribution in [1.82, 2.24) is 24.1 Å². The van der Waals surface area contributed by atoms with Crippen molar-refractivity contribution in [3.05, 3.63) is 66.6 Å². The number of imidazole rings is 1. The van der Waals surface area contributed by atoms with Crippen LogP contribution in [0, 0.1) is 6.92 Å². The van der Waals surface area contributed by atoms with E-state index in [1.807, 2.05) is 0 Å². The van der Waals surface area contributed by atoms with Crippen LogP contribution >= 0.6 is 0 Å². The predicted molar refractivity (Wildman–Crippen MR) is 93.5 cm³/mol. The Kier molecular flexibility index (Phi) is 3.94. The van der Waals surface area contributed by atoms with Gasteiger partial charge in [0.05, 0.1) is 47.6 Å². The summed E-state index contributed by atoms with van der Waals surface area (Å²) in [5.41, 5.74) is 7.36. The van der Waals surface area contributed by atoms with Gasteiger partial charge in [-0.2, -0.15) is 18.3 Å². The van der Waals surface area contributed by atoms with Crippen LogP contribution in [0.15, 0.2) is 55.4 Å². The number of anilines is 2. The third-order valence-corrected chi connectivity index (χ3v) is 3.85. The molecular weight excluding hydrogens is 359 g/mol. The van der Waals surface area contributed by atoms with Gasteiger partial charge in [0.25, 0.3) is 0 Å². The molecule has 0 saturated carbocycles. The number of hydrazine groups is 1. The third kappa shape index (κ3) is 3.54. The molecule has 3 heterocycles. The smallest absolute Gasteiger partial charge is 0.306 e. The standard InChI is InChI=1S/C17H14F3N7/c1-11-8-26(10-22-11)15-5-12(17(18,19)20)4-13(6-15)24-25-14-7-21-16-2-3-23-27(16)9-14/h2-10,24-25H,1H3. The molecule has 0 aliphatic carbocycles. The van der Waals surface area contributed by atoms with Crippen LogP contribution in [0.25, 0.3) is 11.3 Å². The van der Waals surface area contributed by atoms with Gasteiger partial charge in [-0.15, -0.1) is 0 Å². The lowest BCUT2D eigenvalue weighted by atomic mass is 10.1. The van der Waals surface area contributed by atoms with Crippen molar-refractivity contribution in [3.63, 3.8) is 0 Å². The number of nitrogens with zero attached hydrogens (tertiary/aromatic N) is 5. The summed E-state index contributed by atoms with van der Waals surface area (Å²) in [6.07, 6.45) is 3.48. The average Bonchev–Trinajstić information content (AvgIpc) is 3.27. The van der Waals surface area contributed by atoms with Crippen LogP contribution in [0.4, 0.5) is 24.5 Å². The van der Waals surface area contributed by atoms with Crippen LogP contribution in [-0.4, -0.2) is 24.1 Å². The topological polar surface area (TPSA) is 72.1 Å². The minimum atomic E-state index is -4.47. The largest absolute Gasteiger partial charge is 0.416 e. The molecule has 3 aromatic heterocycles. The second-order valence-corrected chi connectivity index (χ2v) is 5.92. The molecule has 138 valence electrons. The maximum Gasteiger partial charge on any atom is 0.416 e. The summed E-state index contributed by atoms with van der Waals surface area (Å²) in [5.74, 6) is 0. The molecule has 0 amide bonds. The van der Waals surface area contributed by atoms with Crippen LogP contribution in [0.5, 0.6) is 0 Å². The number of hydrogen-bond acceptors (Lipinski definition) is 5. The lowest BCUT2D eigenvalue weighted by Gasteiger charge is -2.15. The van der Waals surface area contributed by atoms with Gasteiger partial charge in [-0.05, 0) is 25.1 Å². The van der Waals surface area contributed by atoms with Gasteiger partial charge >= 0.3 is 6.18 Å². The lowest BCUT2D eigenvalue weighted by Crippen LogP contribution is -2.12. The van der Waals surface area contributed by atoms with E-state index in [0.29, 0.717) is 22.7 Å². The Morgan fingerprint density at radius 1 is 1.00 bits per heavy atom. The molecule has 0 atom stereocenters. The normalized spacial score (nSPS) is 11.7. The Morgan fingerprint density at radius 3 is 2.56 bits per heavy atom. The first-order valence-electron chi connectivity index (χ1n) is 7.93. The van der Waals surface area contributed by atoms with E-state index in [9.17, 15) is 13.2 Å². The average molecular weight is 373 g/mol. The second kappa shape index (κ2) is 6.31. The Hall–Kier alpha value is -3.56. The van der Waals surface area contributed by atoms with Gasteiger partial charge in [0.2, 0.25) is 0 Å². The summed E-state index contributed by atoms with van der Waals surface area (Å²) in [7, 11) is 0. The summed E-state index contributed by atoms with van der Waals surface area (Å²) in [6, 6.07) is 5.43. The highest BCUT2D eigenvalue weighted by atomic mass is 19.4. The number of aryl methyl sites for hydroxylation is 1. The van der Waals surface area contributed by atoms with Gasteiger partial charge in [0.1, 0.15) is 0 Å². The van der Waals surface area contributed by atoms with E-state index < -0.39 is 11.7 Å². The second-order valence-electron chi connectivity index (χ2n) is 5.92. The highest BCUT2D eigenvalue weighted by molar-refractivity contribution is 5.58. The summed E-state index contributed by atoms with van der Waals surface area (Å²) < 4.78 is 42.9. The van der Waals surface area contributed by atoms with E-state index in [2.05, 4.69) is 25.9 Å². The van der Waals surface area contributed by atoms with Crippen molar-refractivity contribution in [2.24, 2.45) is 0 Å². The first kappa shape index (κ1) is 16.9. The van der Waals surface area contributed by atoms with E-state index in [0.717, 1.165) is 12.1 Å². The zero-order chi connectivity index (χ0) is 19.0. The quantitative estimate of drug-likeness (QED) is 0.534. The monoisotopic (exact) mass is 373 g/mol. The number of benzene rings is 1. The molecular formula is C17H14F3N7. The van der Waals surface area contributed by atoms with Crippen molar-refractivity contribution in [1.29, 1.82) is 0 Å². The zero-order valence-corrected chi connectivity index (χ0v) is 14.1. The Bertz CT molecular complexity index is 1100. The molecule has 4 aromatic rings. The number of alkyl halides is 3. The highest BCUT2D eigenvalue weighted by Gasteiger charge is 2.31. The van der Waals surface area contributed by atoms with Crippen molar-refractivity contribution in [3.8, 4) is 5.69 Å². The fraction of sp³-hybridized carbons (Fsp3) is 0.118. The molecule has 27 heavy (non-hydrogen) atoms. The van der Waals surface area contributed by atoms with Crippen molar-refractivity contribution in [2.45, 2.75) is 13.1 Å². The van der Waals surface area contributed by atoms with E-state index in [1.54, 1.807) is 48.4 Å². The molecule has 0 saturated heterocycles. The number of fused-ring (bicyclic) bond motifs is 1. The summed E-state index contributed by atoms with van der Waals surface area (Å²) in [6.45, 7) is 1.77. The van der Waals surface area contributed by atoms with Crippen molar-refractivity contribution in [2.75, 3.05) is 10.9 Å².